The number of amides is 2. The highest BCUT2D eigenvalue weighted by molar-refractivity contribution is 5.86. The van der Waals surface area contributed by atoms with Crippen molar-refractivity contribution in [2.45, 2.75) is 45.1 Å². The Bertz CT molecular complexity index is 519. The number of esters is 1. The highest BCUT2D eigenvalue weighted by Crippen LogP contribution is 2.13. The lowest BCUT2D eigenvalue weighted by molar-refractivity contribution is -0.146. The number of hydrogen-bond donors (Lipinski definition) is 3. The zero-order valence-electron chi connectivity index (χ0n) is 17.0. The molecule has 1 atom stereocenters. The van der Waals surface area contributed by atoms with Crippen molar-refractivity contribution in [2.24, 2.45) is 5.92 Å². The van der Waals surface area contributed by atoms with Gasteiger partial charge in [0.05, 0.1) is 31.3 Å². The second-order valence-electron chi connectivity index (χ2n) is 6.97. The molecule has 28 heavy (non-hydrogen) atoms. The molecule has 8 heteroatoms. The fraction of sp³-hybridized carbons (Fsp3) is 0.650. The van der Waals surface area contributed by atoms with Crippen LogP contribution in [0, 0.1) is 5.92 Å². The van der Waals surface area contributed by atoms with E-state index in [1.165, 1.54) is 0 Å². The van der Waals surface area contributed by atoms with Crippen molar-refractivity contribution in [3.05, 3.63) is 25.3 Å². The van der Waals surface area contributed by atoms with Gasteiger partial charge >= 0.3 is 5.97 Å². The van der Waals surface area contributed by atoms with Gasteiger partial charge in [-0.15, -0.1) is 13.2 Å². The molecule has 0 unspecified atom stereocenters. The third-order valence-corrected chi connectivity index (χ3v) is 3.67. The summed E-state index contributed by atoms with van der Waals surface area (Å²) in [6.45, 7) is 11.4. The number of carbonyl (C=O) groups is 3. The molecule has 0 rings (SSSR count). The number of ether oxygens (including phenoxy) is 2. The Labute approximate surface area is 167 Å². The number of rotatable bonds is 16. The normalized spacial score (nSPS) is 12.0. The predicted molar refractivity (Wildman–Crippen MR) is 106 cm³/mol. The predicted octanol–water partition coefficient (Wildman–Crippen LogP) is 1.10. The average Bonchev–Trinajstić information content (AvgIpc) is 2.64. The summed E-state index contributed by atoms with van der Waals surface area (Å²) in [6.07, 6.45) is 4.35. The highest BCUT2D eigenvalue weighted by Gasteiger charge is 2.28. The summed E-state index contributed by atoms with van der Waals surface area (Å²) in [5, 5.41) is 14.1. The van der Waals surface area contributed by atoms with Crippen LogP contribution in [0.1, 0.15) is 39.5 Å². The van der Waals surface area contributed by atoms with E-state index in [9.17, 15) is 14.4 Å². The van der Waals surface area contributed by atoms with Crippen LogP contribution in [0.5, 0.6) is 0 Å². The van der Waals surface area contributed by atoms with Gasteiger partial charge in [-0.25, -0.2) is 0 Å². The lowest BCUT2D eigenvalue weighted by atomic mass is 9.97. The molecule has 0 aromatic heterocycles. The minimum atomic E-state index is -0.769. The van der Waals surface area contributed by atoms with Gasteiger partial charge in [-0.1, -0.05) is 12.2 Å². The van der Waals surface area contributed by atoms with Crippen LogP contribution in [0.15, 0.2) is 25.3 Å². The molecule has 0 aromatic carbocycles. The molecule has 0 fully saturated rings. The van der Waals surface area contributed by atoms with Crippen molar-refractivity contribution in [1.29, 1.82) is 0 Å². The summed E-state index contributed by atoms with van der Waals surface area (Å²) in [4.78, 5) is 36.2. The van der Waals surface area contributed by atoms with E-state index in [4.69, 9.17) is 14.6 Å². The van der Waals surface area contributed by atoms with Gasteiger partial charge in [-0.3, -0.25) is 14.4 Å². The summed E-state index contributed by atoms with van der Waals surface area (Å²) in [5.74, 6) is -1.51. The minimum Gasteiger partial charge on any atom is -0.463 e. The molecule has 0 spiro atoms. The fourth-order valence-electron chi connectivity index (χ4n) is 2.23. The first-order chi connectivity index (χ1) is 13.3. The Kier molecular flexibility index (Phi) is 13.7. The number of aliphatic hydroxyl groups excluding tert-OH is 1. The molecule has 0 radical (unpaired) electrons. The maximum Gasteiger partial charge on any atom is 0.306 e. The molecule has 0 saturated heterocycles. The Balaban J connectivity index is 4.49. The number of carbonyl (C=O) groups excluding carboxylic acids is 3. The van der Waals surface area contributed by atoms with Crippen LogP contribution in [0.25, 0.3) is 0 Å². The Morgan fingerprint density at radius 2 is 1.89 bits per heavy atom. The van der Waals surface area contributed by atoms with E-state index in [1.54, 1.807) is 26.0 Å². The third kappa shape index (κ3) is 13.1. The maximum atomic E-state index is 12.6. The topological polar surface area (TPSA) is 114 Å². The van der Waals surface area contributed by atoms with Crippen molar-refractivity contribution < 1.29 is 29.0 Å². The van der Waals surface area contributed by atoms with Crippen molar-refractivity contribution in [3.8, 4) is 0 Å². The van der Waals surface area contributed by atoms with Gasteiger partial charge in [0.1, 0.15) is 6.61 Å². The van der Waals surface area contributed by atoms with Crippen LogP contribution in [0.2, 0.25) is 0 Å². The van der Waals surface area contributed by atoms with Crippen LogP contribution in [0.4, 0.5) is 0 Å². The first-order valence-electron chi connectivity index (χ1n) is 9.40. The van der Waals surface area contributed by atoms with Gasteiger partial charge in [-0.05, 0) is 26.7 Å². The van der Waals surface area contributed by atoms with E-state index >= 15 is 0 Å². The third-order valence-electron chi connectivity index (χ3n) is 3.67. The molecule has 0 aliphatic carbocycles. The van der Waals surface area contributed by atoms with Gasteiger partial charge in [0.25, 0.3) is 0 Å². The van der Waals surface area contributed by atoms with E-state index < -0.39 is 11.5 Å². The number of nitrogens with one attached hydrogen (secondary N) is 2. The van der Waals surface area contributed by atoms with E-state index in [0.717, 1.165) is 0 Å². The van der Waals surface area contributed by atoms with Gasteiger partial charge in [-0.2, -0.15) is 0 Å². The largest absolute Gasteiger partial charge is 0.463 e. The van der Waals surface area contributed by atoms with E-state index in [0.29, 0.717) is 19.4 Å². The smallest absolute Gasteiger partial charge is 0.306 e. The van der Waals surface area contributed by atoms with Crippen molar-refractivity contribution >= 4 is 17.8 Å². The number of aliphatic hydroxyl groups is 1. The summed E-state index contributed by atoms with van der Waals surface area (Å²) in [6, 6.07) is 0. The van der Waals surface area contributed by atoms with Gasteiger partial charge in [0, 0.05) is 19.4 Å². The first kappa shape index (κ1) is 25.8. The second kappa shape index (κ2) is 14.8. The van der Waals surface area contributed by atoms with Crippen molar-refractivity contribution in [1.82, 2.24) is 10.6 Å². The number of allylic oxidation sites excluding steroid dienone is 2. The van der Waals surface area contributed by atoms with Crippen LogP contribution >= 0.6 is 0 Å². The quantitative estimate of drug-likeness (QED) is 0.204. The molecule has 0 aromatic rings. The Hall–Kier alpha value is -2.19. The first-order valence-corrected chi connectivity index (χ1v) is 9.40. The lowest BCUT2D eigenvalue weighted by Crippen LogP contribution is -2.50. The standard InChI is InChI=1S/C20H34N2O6/c1-5-7-9-18(25)28-15-20(3,4)22-19(26)16(8-6-2)14-17(24)21-10-12-27-13-11-23/h5-6,16,23H,1-2,7-15H2,3-4H3,(H,21,24)(H,22,26)/t16-/m1/s1. The van der Waals surface area contributed by atoms with Gasteiger partial charge < -0.3 is 25.2 Å². The number of hydrogen-bond acceptors (Lipinski definition) is 6. The molecule has 3 N–H and O–H groups in total. The fourth-order valence-corrected chi connectivity index (χ4v) is 2.23. The molecule has 2 amide bonds. The van der Waals surface area contributed by atoms with E-state index in [-0.39, 0.29) is 57.1 Å². The van der Waals surface area contributed by atoms with Crippen LogP contribution in [0.3, 0.4) is 0 Å². The Morgan fingerprint density at radius 3 is 2.50 bits per heavy atom. The Morgan fingerprint density at radius 1 is 1.18 bits per heavy atom. The van der Waals surface area contributed by atoms with Crippen LogP contribution in [-0.4, -0.2) is 61.4 Å². The molecule has 8 nitrogen and oxygen atoms in total. The lowest BCUT2D eigenvalue weighted by Gasteiger charge is -2.28. The second-order valence-corrected chi connectivity index (χ2v) is 6.97. The van der Waals surface area contributed by atoms with Gasteiger partial charge in [0.15, 0.2) is 0 Å². The zero-order valence-corrected chi connectivity index (χ0v) is 17.0. The molecular weight excluding hydrogens is 364 g/mol. The van der Waals surface area contributed by atoms with Crippen molar-refractivity contribution in [3.63, 3.8) is 0 Å². The molecule has 0 heterocycles. The van der Waals surface area contributed by atoms with Gasteiger partial charge in [0.2, 0.25) is 11.8 Å². The molecular formula is C20H34N2O6. The zero-order chi connectivity index (χ0) is 21.4. The molecule has 0 aliphatic rings. The molecule has 0 saturated carbocycles. The SMILES string of the molecule is C=CCCC(=O)OCC(C)(C)NC(=O)[C@H](CC=C)CC(=O)NCCOCCO. The summed E-state index contributed by atoms with van der Waals surface area (Å²) in [7, 11) is 0. The van der Waals surface area contributed by atoms with Crippen LogP contribution in [-0.2, 0) is 23.9 Å². The van der Waals surface area contributed by atoms with E-state index in [1.807, 2.05) is 0 Å². The molecule has 0 aliphatic heterocycles. The summed E-state index contributed by atoms with van der Waals surface area (Å²) < 4.78 is 10.2. The highest BCUT2D eigenvalue weighted by atomic mass is 16.5. The average molecular weight is 399 g/mol. The van der Waals surface area contributed by atoms with Crippen LogP contribution < -0.4 is 10.6 Å². The summed E-state index contributed by atoms with van der Waals surface area (Å²) in [5.41, 5.74) is -0.769. The monoisotopic (exact) mass is 398 g/mol. The minimum absolute atomic E-state index is 0.00700. The van der Waals surface area contributed by atoms with Crippen molar-refractivity contribution in [2.75, 3.05) is 33.0 Å². The summed E-state index contributed by atoms with van der Waals surface area (Å²) >= 11 is 0. The molecule has 160 valence electrons. The van der Waals surface area contributed by atoms with E-state index in [2.05, 4.69) is 23.8 Å². The molecule has 0 bridgehead atoms. The maximum absolute atomic E-state index is 12.6.